The summed E-state index contributed by atoms with van der Waals surface area (Å²) < 4.78 is 0. The van der Waals surface area contributed by atoms with Gasteiger partial charge in [0.1, 0.15) is 0 Å². The zero-order valence-corrected chi connectivity index (χ0v) is 13.5. The van der Waals surface area contributed by atoms with E-state index in [4.69, 9.17) is 5.11 Å². The average molecular weight is 325 g/mol. The molecule has 2 aliphatic rings. The van der Waals surface area contributed by atoms with Gasteiger partial charge in [0, 0.05) is 25.6 Å². The Balaban J connectivity index is 1.50. The molecule has 23 heavy (non-hydrogen) atoms. The molecule has 0 bridgehead atoms. The van der Waals surface area contributed by atoms with E-state index in [-0.39, 0.29) is 24.5 Å². The number of hydrogen-bond acceptors (Lipinski definition) is 3. The molecule has 0 aromatic heterocycles. The summed E-state index contributed by atoms with van der Waals surface area (Å²) in [4.78, 5) is 34.4. The Hall–Kier alpha value is -1.79. The lowest BCUT2D eigenvalue weighted by atomic mass is 9.96. The molecule has 0 radical (unpaired) electrons. The lowest BCUT2D eigenvalue weighted by molar-refractivity contribution is -0.143. The Kier molecular flexibility index (Phi) is 6.24. The van der Waals surface area contributed by atoms with Crippen LogP contribution in [0.2, 0.25) is 0 Å². The third kappa shape index (κ3) is 5.73. The standard InChI is InChI=1S/C16H27N3O4/c20-13(18-11-16(8-9-16)14(21)22)7-4-10-17-15(23)19-12-5-2-1-3-6-12/h12H,1-11H2,(H,18,20)(H,21,22)(H2,17,19,23). The van der Waals surface area contributed by atoms with Crippen LogP contribution in [-0.2, 0) is 9.59 Å². The highest BCUT2D eigenvalue weighted by Gasteiger charge is 2.50. The van der Waals surface area contributed by atoms with Crippen molar-refractivity contribution in [3.8, 4) is 0 Å². The largest absolute Gasteiger partial charge is 0.481 e. The summed E-state index contributed by atoms with van der Waals surface area (Å²) in [6.45, 7) is 0.646. The molecule has 2 saturated carbocycles. The van der Waals surface area contributed by atoms with Crippen LogP contribution >= 0.6 is 0 Å². The van der Waals surface area contributed by atoms with Crippen LogP contribution in [0.1, 0.15) is 57.8 Å². The van der Waals surface area contributed by atoms with E-state index >= 15 is 0 Å². The van der Waals surface area contributed by atoms with E-state index in [1.807, 2.05) is 0 Å². The minimum Gasteiger partial charge on any atom is -0.481 e. The number of carboxylic acids is 1. The van der Waals surface area contributed by atoms with Gasteiger partial charge in [0.25, 0.3) is 0 Å². The van der Waals surface area contributed by atoms with Crippen LogP contribution in [0.5, 0.6) is 0 Å². The fourth-order valence-electron chi connectivity index (χ4n) is 2.91. The SMILES string of the molecule is O=C(CCCNC(=O)NC1CCCCC1)NCC1(C(=O)O)CC1. The van der Waals surface area contributed by atoms with Crippen molar-refractivity contribution in [3.63, 3.8) is 0 Å². The number of rotatable bonds is 8. The summed E-state index contributed by atoms with van der Waals surface area (Å²) in [7, 11) is 0. The van der Waals surface area contributed by atoms with Gasteiger partial charge in [0.2, 0.25) is 5.91 Å². The molecule has 0 aliphatic heterocycles. The molecule has 4 N–H and O–H groups in total. The summed E-state index contributed by atoms with van der Waals surface area (Å²) in [6.07, 6.45) is 7.77. The predicted octanol–water partition coefficient (Wildman–Crippen LogP) is 1.38. The molecule has 0 spiro atoms. The van der Waals surface area contributed by atoms with Crippen LogP contribution in [-0.4, -0.2) is 42.1 Å². The van der Waals surface area contributed by atoms with E-state index in [1.165, 1.54) is 19.3 Å². The van der Waals surface area contributed by atoms with Crippen molar-refractivity contribution < 1.29 is 19.5 Å². The number of carbonyl (C=O) groups excluding carboxylic acids is 2. The lowest BCUT2D eigenvalue weighted by Crippen LogP contribution is -2.43. The Bertz CT molecular complexity index is 443. The minimum atomic E-state index is -0.834. The van der Waals surface area contributed by atoms with Crippen molar-refractivity contribution in [2.24, 2.45) is 5.41 Å². The van der Waals surface area contributed by atoms with E-state index in [9.17, 15) is 14.4 Å². The second-order valence-electron chi connectivity index (χ2n) is 6.70. The van der Waals surface area contributed by atoms with Gasteiger partial charge in [-0.2, -0.15) is 0 Å². The molecule has 2 fully saturated rings. The van der Waals surface area contributed by atoms with E-state index < -0.39 is 11.4 Å². The first-order valence-corrected chi connectivity index (χ1v) is 8.56. The third-order valence-electron chi connectivity index (χ3n) is 4.74. The second kappa shape index (κ2) is 8.17. The first-order chi connectivity index (χ1) is 11.0. The minimum absolute atomic E-state index is 0.160. The van der Waals surface area contributed by atoms with Gasteiger partial charge in [-0.25, -0.2) is 4.79 Å². The van der Waals surface area contributed by atoms with Crippen molar-refractivity contribution >= 4 is 17.9 Å². The number of amides is 3. The zero-order valence-electron chi connectivity index (χ0n) is 13.5. The monoisotopic (exact) mass is 325 g/mol. The Morgan fingerprint density at radius 3 is 2.35 bits per heavy atom. The van der Waals surface area contributed by atoms with E-state index in [0.29, 0.717) is 32.2 Å². The number of carbonyl (C=O) groups is 3. The number of aliphatic carboxylic acids is 1. The molecule has 130 valence electrons. The average Bonchev–Trinajstić information content (AvgIpc) is 3.32. The van der Waals surface area contributed by atoms with Gasteiger partial charge in [0.05, 0.1) is 5.41 Å². The number of hydrogen-bond donors (Lipinski definition) is 4. The number of nitrogens with one attached hydrogen (secondary N) is 3. The second-order valence-corrected chi connectivity index (χ2v) is 6.70. The first kappa shape index (κ1) is 17.6. The molecule has 3 amide bonds. The van der Waals surface area contributed by atoms with Crippen LogP contribution in [0.15, 0.2) is 0 Å². The van der Waals surface area contributed by atoms with Gasteiger partial charge in [-0.3, -0.25) is 9.59 Å². The van der Waals surface area contributed by atoms with Gasteiger partial charge in [-0.05, 0) is 32.1 Å². The van der Waals surface area contributed by atoms with Crippen molar-refractivity contribution in [1.82, 2.24) is 16.0 Å². The quantitative estimate of drug-likeness (QED) is 0.506. The third-order valence-corrected chi connectivity index (χ3v) is 4.74. The molecule has 7 heteroatoms. The van der Waals surface area contributed by atoms with Crippen molar-refractivity contribution in [2.75, 3.05) is 13.1 Å². The molecular formula is C16H27N3O4. The number of carboxylic acid groups (broad SMARTS) is 1. The molecule has 0 unspecified atom stereocenters. The van der Waals surface area contributed by atoms with E-state index in [1.54, 1.807) is 0 Å². The van der Waals surface area contributed by atoms with E-state index in [0.717, 1.165) is 12.8 Å². The molecule has 2 aliphatic carbocycles. The van der Waals surface area contributed by atoms with Gasteiger partial charge in [0.15, 0.2) is 0 Å². The molecular weight excluding hydrogens is 298 g/mol. The summed E-state index contributed by atoms with van der Waals surface area (Å²) in [5.41, 5.74) is -0.728. The van der Waals surface area contributed by atoms with Gasteiger partial charge < -0.3 is 21.1 Å². The molecule has 7 nitrogen and oxygen atoms in total. The van der Waals surface area contributed by atoms with Gasteiger partial charge in [-0.15, -0.1) is 0 Å². The van der Waals surface area contributed by atoms with Crippen LogP contribution in [0, 0.1) is 5.41 Å². The highest BCUT2D eigenvalue weighted by atomic mass is 16.4. The molecule has 0 aromatic carbocycles. The van der Waals surface area contributed by atoms with Crippen LogP contribution in [0.4, 0.5) is 4.79 Å². The van der Waals surface area contributed by atoms with Crippen molar-refractivity contribution in [2.45, 2.75) is 63.8 Å². The highest BCUT2D eigenvalue weighted by Crippen LogP contribution is 2.45. The zero-order chi connectivity index (χ0) is 16.7. The van der Waals surface area contributed by atoms with Crippen LogP contribution in [0.25, 0.3) is 0 Å². The molecule has 2 rings (SSSR count). The summed E-state index contributed by atoms with van der Waals surface area (Å²) in [5.74, 6) is -0.995. The van der Waals surface area contributed by atoms with Gasteiger partial charge in [-0.1, -0.05) is 19.3 Å². The smallest absolute Gasteiger partial charge is 0.315 e. The molecule has 0 atom stereocenters. The van der Waals surface area contributed by atoms with Gasteiger partial charge >= 0.3 is 12.0 Å². The molecule has 0 saturated heterocycles. The lowest BCUT2D eigenvalue weighted by Gasteiger charge is -2.22. The summed E-state index contributed by atoms with van der Waals surface area (Å²) in [6, 6.07) is 0.109. The number of urea groups is 1. The van der Waals surface area contributed by atoms with Crippen LogP contribution in [0.3, 0.4) is 0 Å². The van der Waals surface area contributed by atoms with E-state index in [2.05, 4.69) is 16.0 Å². The van der Waals surface area contributed by atoms with Crippen molar-refractivity contribution in [1.29, 1.82) is 0 Å². The maximum absolute atomic E-state index is 11.7. The fraction of sp³-hybridized carbons (Fsp3) is 0.812. The molecule has 0 heterocycles. The topological polar surface area (TPSA) is 108 Å². The normalized spacial score (nSPS) is 19.7. The Morgan fingerprint density at radius 1 is 1.04 bits per heavy atom. The molecule has 0 aromatic rings. The Labute approximate surface area is 136 Å². The highest BCUT2D eigenvalue weighted by molar-refractivity contribution is 5.81. The summed E-state index contributed by atoms with van der Waals surface area (Å²) in [5, 5.41) is 17.4. The first-order valence-electron chi connectivity index (χ1n) is 8.56. The van der Waals surface area contributed by atoms with Crippen LogP contribution < -0.4 is 16.0 Å². The van der Waals surface area contributed by atoms with Crippen molar-refractivity contribution in [3.05, 3.63) is 0 Å². The maximum atomic E-state index is 11.7. The summed E-state index contributed by atoms with van der Waals surface area (Å²) >= 11 is 0. The Morgan fingerprint density at radius 2 is 1.74 bits per heavy atom. The predicted molar refractivity (Wildman–Crippen MR) is 85.0 cm³/mol. The maximum Gasteiger partial charge on any atom is 0.315 e. The fourth-order valence-corrected chi connectivity index (χ4v) is 2.91.